The van der Waals surface area contributed by atoms with Crippen LogP contribution in [0.25, 0.3) is 5.76 Å². The van der Waals surface area contributed by atoms with Crippen molar-refractivity contribution >= 4 is 11.7 Å². The summed E-state index contributed by atoms with van der Waals surface area (Å²) >= 11 is 0. The molecule has 0 aliphatic heterocycles. The number of methoxy groups -OCH3 is 1. The fraction of sp³-hybridized carbons (Fsp3) is 0.125. The zero-order chi connectivity index (χ0) is 13.5. The zero-order valence-corrected chi connectivity index (χ0v) is 10.6. The van der Waals surface area contributed by atoms with Gasteiger partial charge in [-0.1, -0.05) is 42.5 Å². The maximum atomic E-state index is 10.9. The molecule has 0 aliphatic carbocycles. The summed E-state index contributed by atoms with van der Waals surface area (Å²) in [6.45, 7) is 0.302. The Morgan fingerprint density at radius 3 is 2.58 bits per heavy atom. The molecule has 0 N–H and O–H groups in total. The molecule has 0 heterocycles. The Bertz CT molecular complexity index is 584. The van der Waals surface area contributed by atoms with E-state index < -0.39 is 0 Å². The molecule has 0 unspecified atom stereocenters. The summed E-state index contributed by atoms with van der Waals surface area (Å²) in [5, 5.41) is 0. The summed E-state index contributed by atoms with van der Waals surface area (Å²) in [4.78, 5) is 10.9. The van der Waals surface area contributed by atoms with Crippen LogP contribution < -0.4 is 4.74 Å². The Labute approximate surface area is 112 Å². The minimum atomic E-state index is 0.211. The summed E-state index contributed by atoms with van der Waals surface area (Å²) in [7, 11) is 1.61. The van der Waals surface area contributed by atoms with Crippen molar-refractivity contribution in [3.63, 3.8) is 0 Å². The molecule has 0 spiro atoms. The van der Waals surface area contributed by atoms with Crippen LogP contribution in [0.5, 0.6) is 5.75 Å². The molecule has 0 amide bonds. The first kappa shape index (κ1) is 12.9. The van der Waals surface area contributed by atoms with Crippen LogP contribution >= 0.6 is 0 Å². The Morgan fingerprint density at radius 2 is 1.89 bits per heavy atom. The highest BCUT2D eigenvalue weighted by Gasteiger charge is 2.04. The van der Waals surface area contributed by atoms with Crippen molar-refractivity contribution in [3.8, 4) is 5.75 Å². The van der Waals surface area contributed by atoms with Crippen molar-refractivity contribution in [2.24, 2.45) is 0 Å². The Balaban J connectivity index is 2.07. The SMILES string of the molecule is COc1cccc(COC(=C=O)c2ccccc2)c1. The van der Waals surface area contributed by atoms with Crippen LogP contribution in [0.15, 0.2) is 54.6 Å². The third kappa shape index (κ3) is 3.47. The highest BCUT2D eigenvalue weighted by atomic mass is 16.5. The van der Waals surface area contributed by atoms with E-state index in [1.165, 1.54) is 0 Å². The van der Waals surface area contributed by atoms with E-state index in [0.717, 1.165) is 16.9 Å². The van der Waals surface area contributed by atoms with E-state index >= 15 is 0 Å². The van der Waals surface area contributed by atoms with Gasteiger partial charge in [-0.15, -0.1) is 0 Å². The van der Waals surface area contributed by atoms with Crippen molar-refractivity contribution in [2.75, 3.05) is 7.11 Å². The van der Waals surface area contributed by atoms with Crippen molar-refractivity contribution < 1.29 is 14.3 Å². The first-order chi connectivity index (χ1) is 9.33. The fourth-order valence-corrected chi connectivity index (χ4v) is 1.68. The van der Waals surface area contributed by atoms with Gasteiger partial charge in [0.2, 0.25) is 5.76 Å². The molecule has 0 bridgehead atoms. The molecular formula is C16H14O3. The second-order valence-corrected chi connectivity index (χ2v) is 3.94. The van der Waals surface area contributed by atoms with Gasteiger partial charge < -0.3 is 9.47 Å². The lowest BCUT2D eigenvalue weighted by Gasteiger charge is -2.08. The van der Waals surface area contributed by atoms with Gasteiger partial charge in [0.1, 0.15) is 12.4 Å². The van der Waals surface area contributed by atoms with E-state index in [-0.39, 0.29) is 5.76 Å². The van der Waals surface area contributed by atoms with Gasteiger partial charge >= 0.3 is 0 Å². The number of rotatable bonds is 5. The Morgan fingerprint density at radius 1 is 1.11 bits per heavy atom. The smallest absolute Gasteiger partial charge is 0.211 e. The van der Waals surface area contributed by atoms with E-state index in [1.807, 2.05) is 60.5 Å². The van der Waals surface area contributed by atoms with Crippen molar-refractivity contribution in [2.45, 2.75) is 6.61 Å². The molecule has 0 aliphatic rings. The van der Waals surface area contributed by atoms with Crippen LogP contribution in [0.3, 0.4) is 0 Å². The van der Waals surface area contributed by atoms with E-state index in [4.69, 9.17) is 9.47 Å². The van der Waals surface area contributed by atoms with Crippen LogP contribution in [-0.4, -0.2) is 13.1 Å². The quantitative estimate of drug-likeness (QED) is 0.607. The molecule has 2 aromatic rings. The van der Waals surface area contributed by atoms with E-state index in [0.29, 0.717) is 6.61 Å². The summed E-state index contributed by atoms with van der Waals surface area (Å²) in [6.07, 6.45) is 0. The van der Waals surface area contributed by atoms with E-state index in [2.05, 4.69) is 0 Å². The monoisotopic (exact) mass is 254 g/mol. The molecular weight excluding hydrogens is 240 g/mol. The Hall–Kier alpha value is -2.51. The molecule has 0 saturated carbocycles. The molecule has 19 heavy (non-hydrogen) atoms. The van der Waals surface area contributed by atoms with E-state index in [9.17, 15) is 4.79 Å². The highest BCUT2D eigenvalue weighted by molar-refractivity contribution is 5.83. The predicted molar refractivity (Wildman–Crippen MR) is 73.3 cm³/mol. The molecule has 3 heteroatoms. The standard InChI is InChI=1S/C16H14O3/c1-18-15-9-5-6-13(10-15)12-19-16(11-17)14-7-3-2-4-8-14/h2-10H,12H2,1H3. The molecule has 0 fully saturated rings. The van der Waals surface area contributed by atoms with Gasteiger partial charge in [-0.2, -0.15) is 0 Å². The van der Waals surface area contributed by atoms with Gasteiger partial charge in [0, 0.05) is 5.56 Å². The minimum absolute atomic E-state index is 0.211. The molecule has 0 aromatic heterocycles. The number of benzene rings is 2. The second kappa shape index (κ2) is 6.43. The summed E-state index contributed by atoms with van der Waals surface area (Å²) in [5.41, 5.74) is 1.66. The number of hydrogen-bond acceptors (Lipinski definition) is 3. The topological polar surface area (TPSA) is 35.5 Å². The van der Waals surface area contributed by atoms with Gasteiger partial charge in [-0.05, 0) is 17.7 Å². The van der Waals surface area contributed by atoms with Gasteiger partial charge in [0.05, 0.1) is 7.11 Å². The lowest BCUT2D eigenvalue weighted by atomic mass is 10.2. The van der Waals surface area contributed by atoms with Gasteiger partial charge in [-0.25, -0.2) is 4.79 Å². The summed E-state index contributed by atoms with van der Waals surface area (Å²) in [5.74, 6) is 2.80. The average Bonchev–Trinajstić information content (AvgIpc) is 2.49. The van der Waals surface area contributed by atoms with Crippen LogP contribution in [0.1, 0.15) is 11.1 Å². The number of hydrogen-bond donors (Lipinski definition) is 0. The molecule has 3 nitrogen and oxygen atoms in total. The van der Waals surface area contributed by atoms with Gasteiger partial charge in [0.15, 0.2) is 5.94 Å². The predicted octanol–water partition coefficient (Wildman–Crippen LogP) is 3.08. The highest BCUT2D eigenvalue weighted by Crippen LogP contribution is 2.17. The maximum Gasteiger partial charge on any atom is 0.211 e. The lowest BCUT2D eigenvalue weighted by Crippen LogP contribution is -1.95. The fourth-order valence-electron chi connectivity index (χ4n) is 1.68. The van der Waals surface area contributed by atoms with Crippen molar-refractivity contribution in [1.82, 2.24) is 0 Å². The largest absolute Gasteiger partial charge is 0.497 e. The number of ether oxygens (including phenoxy) is 2. The first-order valence-electron chi connectivity index (χ1n) is 5.89. The Kier molecular flexibility index (Phi) is 4.38. The van der Waals surface area contributed by atoms with Gasteiger partial charge in [-0.3, -0.25) is 0 Å². The molecule has 96 valence electrons. The van der Waals surface area contributed by atoms with Crippen molar-refractivity contribution in [1.29, 1.82) is 0 Å². The summed E-state index contributed by atoms with van der Waals surface area (Å²) in [6, 6.07) is 16.7. The van der Waals surface area contributed by atoms with Crippen LogP contribution in [0.4, 0.5) is 0 Å². The van der Waals surface area contributed by atoms with Crippen LogP contribution in [0.2, 0.25) is 0 Å². The zero-order valence-electron chi connectivity index (χ0n) is 10.6. The summed E-state index contributed by atoms with van der Waals surface area (Å²) < 4.78 is 10.6. The van der Waals surface area contributed by atoms with E-state index in [1.54, 1.807) is 7.11 Å². The number of carbonyl (C=O) groups excluding carboxylic acids is 1. The van der Waals surface area contributed by atoms with Gasteiger partial charge in [0.25, 0.3) is 0 Å². The molecule has 0 atom stereocenters. The third-order valence-electron chi connectivity index (χ3n) is 2.65. The first-order valence-corrected chi connectivity index (χ1v) is 5.89. The maximum absolute atomic E-state index is 10.9. The third-order valence-corrected chi connectivity index (χ3v) is 2.65. The molecule has 0 saturated heterocycles. The van der Waals surface area contributed by atoms with Crippen molar-refractivity contribution in [3.05, 3.63) is 65.7 Å². The van der Waals surface area contributed by atoms with Crippen LogP contribution in [0, 0.1) is 0 Å². The molecule has 0 radical (unpaired) electrons. The normalized spacial score (nSPS) is 9.53. The lowest BCUT2D eigenvalue weighted by molar-refractivity contribution is 0.265. The molecule has 2 aromatic carbocycles. The van der Waals surface area contributed by atoms with Crippen LogP contribution in [-0.2, 0) is 16.1 Å². The second-order valence-electron chi connectivity index (χ2n) is 3.94. The minimum Gasteiger partial charge on any atom is -0.497 e. The average molecular weight is 254 g/mol. The molecule has 2 rings (SSSR count).